The molecule has 0 amide bonds. The van der Waals surface area contributed by atoms with E-state index >= 15 is 4.39 Å². The van der Waals surface area contributed by atoms with Gasteiger partial charge < -0.3 is 25.3 Å². The maximum Gasteiger partial charge on any atom is 0.573 e. The van der Waals surface area contributed by atoms with Crippen molar-refractivity contribution < 1.29 is 58.9 Å². The Hall–Kier alpha value is -4.08. The summed E-state index contributed by atoms with van der Waals surface area (Å²) < 4.78 is 119. The van der Waals surface area contributed by atoms with Crippen molar-refractivity contribution in [2.24, 2.45) is 5.73 Å². The number of rotatable bonds is 14. The van der Waals surface area contributed by atoms with Crippen LogP contribution in [0.25, 0.3) is 0 Å². The number of nitrogens with two attached hydrogens (primary N) is 1. The molecule has 3 aromatic carbocycles. The number of benzene rings is 3. The lowest BCUT2D eigenvalue weighted by Crippen LogP contribution is -2.49. The van der Waals surface area contributed by atoms with Crippen molar-refractivity contribution in [3.05, 3.63) is 101 Å². The molecule has 0 aromatic heterocycles. The van der Waals surface area contributed by atoms with Crippen LogP contribution in [0, 0.1) is 11.6 Å². The summed E-state index contributed by atoms with van der Waals surface area (Å²) in [5, 5.41) is 3.09. The van der Waals surface area contributed by atoms with Gasteiger partial charge >= 0.3 is 18.5 Å². The molecule has 0 saturated carbocycles. The Balaban J connectivity index is 1.40. The highest BCUT2D eigenvalue weighted by molar-refractivity contribution is 5.88. The number of hydrogen-bond donors (Lipinski definition) is 2. The summed E-state index contributed by atoms with van der Waals surface area (Å²) in [6.07, 6.45) is -11.7. The number of ether oxygens (including phenoxy) is 3. The van der Waals surface area contributed by atoms with Gasteiger partial charge in [-0.3, -0.25) is 9.59 Å². The van der Waals surface area contributed by atoms with Crippen LogP contribution < -0.4 is 15.8 Å². The Labute approximate surface area is 276 Å². The number of esters is 1. The molecule has 0 bridgehead atoms. The minimum absolute atomic E-state index is 0.0919. The van der Waals surface area contributed by atoms with Gasteiger partial charge in [-0.25, -0.2) is 8.78 Å². The maximum absolute atomic E-state index is 15.1. The van der Waals surface area contributed by atoms with Crippen LogP contribution in [0.15, 0.2) is 66.7 Å². The number of ketones is 1. The summed E-state index contributed by atoms with van der Waals surface area (Å²) in [4.78, 5) is 25.2. The fourth-order valence-electron chi connectivity index (χ4n) is 5.50. The lowest BCUT2D eigenvalue weighted by Gasteiger charge is -2.30. The number of alkyl halides is 6. The molecule has 0 spiro atoms. The monoisotopic (exact) mass is 702 g/mol. The molecule has 1 saturated heterocycles. The molecular weight excluding hydrogens is 668 g/mol. The van der Waals surface area contributed by atoms with Gasteiger partial charge in [0.1, 0.15) is 24.0 Å². The van der Waals surface area contributed by atoms with Crippen LogP contribution in [0.5, 0.6) is 5.75 Å². The van der Waals surface area contributed by atoms with Crippen LogP contribution in [0.2, 0.25) is 0 Å². The normalized spacial score (nSPS) is 18.1. The average Bonchev–Trinajstić information content (AvgIpc) is 3.03. The van der Waals surface area contributed by atoms with Crippen molar-refractivity contribution in [3.63, 3.8) is 0 Å². The Morgan fingerprint density at radius 3 is 2.33 bits per heavy atom. The van der Waals surface area contributed by atoms with E-state index in [4.69, 9.17) is 15.2 Å². The van der Waals surface area contributed by atoms with Gasteiger partial charge in [-0.15, -0.1) is 13.2 Å². The largest absolute Gasteiger partial charge is 0.573 e. The van der Waals surface area contributed by atoms with E-state index in [1.54, 1.807) is 6.07 Å². The second kappa shape index (κ2) is 16.5. The molecule has 3 aromatic rings. The summed E-state index contributed by atoms with van der Waals surface area (Å²) in [6, 6.07) is 12.5. The second-order valence-corrected chi connectivity index (χ2v) is 11.6. The van der Waals surface area contributed by atoms with E-state index in [9.17, 15) is 40.3 Å². The van der Waals surface area contributed by atoms with Gasteiger partial charge in [0.2, 0.25) is 0 Å². The predicted molar refractivity (Wildman–Crippen MR) is 161 cm³/mol. The minimum Gasteiger partial charge on any atom is -0.464 e. The highest BCUT2D eigenvalue weighted by atomic mass is 19.4. The van der Waals surface area contributed by atoms with Crippen LogP contribution in [0.4, 0.5) is 35.1 Å². The summed E-state index contributed by atoms with van der Waals surface area (Å²) >= 11 is 0. The van der Waals surface area contributed by atoms with Gasteiger partial charge in [0.05, 0.1) is 37.6 Å². The van der Waals surface area contributed by atoms with Crippen molar-refractivity contribution in [2.75, 3.05) is 19.8 Å². The molecule has 4 atom stereocenters. The number of carbonyl (C=O) groups excluding carboxylic acids is 2. The van der Waals surface area contributed by atoms with E-state index in [1.165, 1.54) is 36.4 Å². The molecule has 0 radical (unpaired) electrons. The highest BCUT2D eigenvalue weighted by Crippen LogP contribution is 2.33. The molecule has 7 nitrogen and oxygen atoms in total. The third-order valence-electron chi connectivity index (χ3n) is 7.93. The summed E-state index contributed by atoms with van der Waals surface area (Å²) in [5.74, 6) is -4.20. The third-order valence-corrected chi connectivity index (χ3v) is 7.93. The zero-order valence-electron chi connectivity index (χ0n) is 26.0. The zero-order valence-corrected chi connectivity index (χ0v) is 26.0. The number of morpholine rings is 1. The van der Waals surface area contributed by atoms with E-state index < -0.39 is 78.6 Å². The molecule has 3 N–H and O–H groups in total. The first kappa shape index (κ1) is 37.7. The molecule has 0 aliphatic carbocycles. The molecule has 266 valence electrons. The highest BCUT2D eigenvalue weighted by Gasteiger charge is 2.33. The molecule has 1 fully saturated rings. The van der Waals surface area contributed by atoms with Gasteiger partial charge in [0, 0.05) is 18.9 Å². The van der Waals surface area contributed by atoms with Gasteiger partial charge in [0.15, 0.2) is 5.78 Å². The second-order valence-electron chi connectivity index (χ2n) is 11.6. The van der Waals surface area contributed by atoms with Crippen LogP contribution >= 0.6 is 0 Å². The van der Waals surface area contributed by atoms with Crippen LogP contribution in [0.1, 0.15) is 47.4 Å². The fraction of sp³-hybridized carbons (Fsp3) is 0.412. The van der Waals surface area contributed by atoms with Gasteiger partial charge in [-0.2, -0.15) is 13.2 Å². The first-order valence-corrected chi connectivity index (χ1v) is 15.3. The van der Waals surface area contributed by atoms with E-state index in [1.807, 2.05) is 0 Å². The van der Waals surface area contributed by atoms with Gasteiger partial charge in [-0.05, 0) is 65.4 Å². The number of halogens is 8. The predicted octanol–water partition coefficient (Wildman–Crippen LogP) is 6.31. The lowest BCUT2D eigenvalue weighted by molar-refractivity contribution is -0.274. The van der Waals surface area contributed by atoms with Crippen molar-refractivity contribution in [1.82, 2.24) is 5.32 Å². The van der Waals surface area contributed by atoms with E-state index in [-0.39, 0.29) is 43.7 Å². The molecule has 1 heterocycles. The molecule has 1 aliphatic rings. The number of Topliss-reactive ketones (excluding diaryl/α,β-unsaturated/α-hetero) is 1. The minimum atomic E-state index is -4.97. The van der Waals surface area contributed by atoms with Gasteiger partial charge in [-0.1, -0.05) is 36.4 Å². The van der Waals surface area contributed by atoms with E-state index in [2.05, 4.69) is 10.1 Å². The molecule has 15 heteroatoms. The van der Waals surface area contributed by atoms with Crippen LogP contribution in [-0.4, -0.2) is 62.2 Å². The van der Waals surface area contributed by atoms with Crippen molar-refractivity contribution in [1.29, 1.82) is 0 Å². The molecule has 49 heavy (non-hydrogen) atoms. The van der Waals surface area contributed by atoms with Gasteiger partial charge in [0.25, 0.3) is 0 Å². The Bertz CT molecular complexity index is 1560. The summed E-state index contributed by atoms with van der Waals surface area (Å²) in [7, 11) is 0. The molecule has 4 rings (SSSR count). The fourth-order valence-corrected chi connectivity index (χ4v) is 5.50. The van der Waals surface area contributed by atoms with Crippen LogP contribution in [-0.2, 0) is 31.9 Å². The Morgan fingerprint density at radius 1 is 0.959 bits per heavy atom. The summed E-state index contributed by atoms with van der Waals surface area (Å²) in [5.41, 5.74) is 7.62. The maximum atomic E-state index is 15.1. The van der Waals surface area contributed by atoms with Crippen LogP contribution in [0.3, 0.4) is 0 Å². The standard InChI is InChI=1S/C34H34F8N2O5/c35-23-9-7-20(8-10-23)31(22-4-1-5-25(15-22)49-34(40,41)42)32(43)29(45)16-21-3-2-6-28(36)27(21)12-11-26-17-44-24(18-47-26)19-48-30(46)13-14-33(37,38)39/h1-10,15,24,26,31-32,44H,11-14,16-19,43H2/t24-,26+,31-,32+/m0/s1. The first-order valence-electron chi connectivity index (χ1n) is 15.3. The number of carbonyl (C=O) groups is 2. The lowest BCUT2D eigenvalue weighted by atomic mass is 9.82. The SMILES string of the molecule is N[C@H](C(=O)Cc1cccc(F)c1CC[C@@H]1CN[C@H](COC(=O)CCC(F)(F)F)CO1)[C@@H](c1ccc(F)cc1)c1cccc(OC(F)(F)F)c1. The Kier molecular flexibility index (Phi) is 12.7. The third kappa shape index (κ3) is 11.8. The van der Waals surface area contributed by atoms with E-state index in [0.29, 0.717) is 17.5 Å². The van der Waals surface area contributed by atoms with Crippen molar-refractivity contribution in [2.45, 2.75) is 68.7 Å². The number of hydrogen-bond acceptors (Lipinski definition) is 7. The Morgan fingerprint density at radius 2 is 1.67 bits per heavy atom. The quantitative estimate of drug-likeness (QED) is 0.150. The zero-order chi connectivity index (χ0) is 35.8. The molecule has 0 unspecified atom stereocenters. The summed E-state index contributed by atoms with van der Waals surface area (Å²) in [6.45, 7) is 0.200. The average molecular weight is 703 g/mol. The van der Waals surface area contributed by atoms with Crippen molar-refractivity contribution >= 4 is 11.8 Å². The topological polar surface area (TPSA) is 99.9 Å². The van der Waals surface area contributed by atoms with E-state index in [0.717, 1.165) is 24.3 Å². The first-order chi connectivity index (χ1) is 23.1. The molecular formula is C34H34F8N2O5. The number of nitrogens with one attached hydrogen (secondary N) is 1. The van der Waals surface area contributed by atoms with Crippen molar-refractivity contribution in [3.8, 4) is 5.75 Å². The molecule has 1 aliphatic heterocycles. The smallest absolute Gasteiger partial charge is 0.464 e.